The molecule has 0 bridgehead atoms. The van der Waals surface area contributed by atoms with Gasteiger partial charge in [-0.2, -0.15) is 0 Å². The maximum atomic E-state index is 12.4. The minimum Gasteiger partial charge on any atom is -0.452 e. The van der Waals surface area contributed by atoms with Gasteiger partial charge in [0, 0.05) is 0 Å². The first-order chi connectivity index (χ1) is 10.2. The highest BCUT2D eigenvalue weighted by Crippen LogP contribution is 2.28. The Bertz CT molecular complexity index is 575. The van der Waals surface area contributed by atoms with Crippen LogP contribution >= 0.6 is 11.6 Å². The van der Waals surface area contributed by atoms with Crippen molar-refractivity contribution in [2.75, 3.05) is 0 Å². The second-order valence-corrected chi connectivity index (χ2v) is 5.39. The fraction of sp³-hybridized carbons (Fsp3) is 0.353. The Labute approximate surface area is 130 Å². The summed E-state index contributed by atoms with van der Waals surface area (Å²) in [5.74, 6) is 0.177. The first kappa shape index (κ1) is 15.6. The predicted octanol–water partition coefficient (Wildman–Crippen LogP) is 4.84. The molecular weight excluding hydrogens is 286 g/mol. The van der Waals surface area contributed by atoms with Gasteiger partial charge < -0.3 is 9.73 Å². The monoisotopic (exact) mass is 305 g/mol. The van der Waals surface area contributed by atoms with Crippen LogP contribution in [0.4, 0.5) is 0 Å². The quantitative estimate of drug-likeness (QED) is 0.829. The molecule has 0 saturated heterocycles. The van der Waals surface area contributed by atoms with E-state index in [-0.39, 0.29) is 17.2 Å². The van der Waals surface area contributed by atoms with Crippen molar-refractivity contribution in [2.24, 2.45) is 5.92 Å². The number of carbonyl (C=O) groups excluding carboxylic acids is 1. The topological polar surface area (TPSA) is 42.2 Å². The zero-order chi connectivity index (χ0) is 15.2. The van der Waals surface area contributed by atoms with Crippen LogP contribution in [0.1, 0.15) is 48.7 Å². The van der Waals surface area contributed by atoms with E-state index in [0.29, 0.717) is 11.5 Å². The van der Waals surface area contributed by atoms with E-state index in [4.69, 9.17) is 16.0 Å². The van der Waals surface area contributed by atoms with E-state index in [2.05, 4.69) is 19.2 Å². The number of rotatable bonds is 6. The third-order valence-electron chi connectivity index (χ3n) is 3.83. The van der Waals surface area contributed by atoms with Crippen LogP contribution in [0.15, 0.2) is 47.1 Å². The van der Waals surface area contributed by atoms with E-state index >= 15 is 0 Å². The van der Waals surface area contributed by atoms with Crippen LogP contribution in [-0.2, 0) is 0 Å². The van der Waals surface area contributed by atoms with Crippen LogP contribution in [0.3, 0.4) is 0 Å². The molecule has 2 aromatic rings. The zero-order valence-electron chi connectivity index (χ0n) is 12.3. The van der Waals surface area contributed by atoms with Crippen LogP contribution in [0, 0.1) is 5.92 Å². The summed E-state index contributed by atoms with van der Waals surface area (Å²) in [7, 11) is 0. The first-order valence-electron chi connectivity index (χ1n) is 7.26. The third-order valence-corrected chi connectivity index (χ3v) is 4.12. The summed E-state index contributed by atoms with van der Waals surface area (Å²) in [6.45, 7) is 4.28. The molecule has 1 amide bonds. The lowest BCUT2D eigenvalue weighted by atomic mass is 9.88. The van der Waals surface area contributed by atoms with Crippen LogP contribution in [-0.4, -0.2) is 5.91 Å². The van der Waals surface area contributed by atoms with Crippen molar-refractivity contribution in [1.29, 1.82) is 0 Å². The van der Waals surface area contributed by atoms with Crippen LogP contribution in [0.2, 0.25) is 5.22 Å². The molecule has 0 radical (unpaired) electrons. The molecule has 3 nitrogen and oxygen atoms in total. The second kappa shape index (κ2) is 7.32. The molecule has 2 rings (SSSR count). The summed E-state index contributed by atoms with van der Waals surface area (Å²) in [5.41, 5.74) is 1.49. The Balaban J connectivity index is 2.24. The maximum absolute atomic E-state index is 12.4. The molecule has 0 saturated carbocycles. The number of benzene rings is 1. The summed E-state index contributed by atoms with van der Waals surface area (Å²) in [5, 5.41) is 3.22. The summed E-state index contributed by atoms with van der Waals surface area (Å²) in [6.07, 6.45) is 3.41. The van der Waals surface area contributed by atoms with Gasteiger partial charge in [-0.05, 0) is 29.1 Å². The highest BCUT2D eigenvalue weighted by molar-refractivity contribution is 6.32. The molecule has 0 fully saturated rings. The number of furan rings is 1. The fourth-order valence-corrected chi connectivity index (χ4v) is 2.77. The number of carbonyl (C=O) groups is 1. The molecule has 0 spiro atoms. The smallest absolute Gasteiger partial charge is 0.256 e. The molecule has 1 N–H and O–H groups in total. The van der Waals surface area contributed by atoms with Gasteiger partial charge in [-0.3, -0.25) is 4.79 Å². The van der Waals surface area contributed by atoms with Crippen molar-refractivity contribution in [3.05, 3.63) is 59.0 Å². The lowest BCUT2D eigenvalue weighted by Gasteiger charge is -2.26. The Hall–Kier alpha value is -1.74. The number of amides is 1. The zero-order valence-corrected chi connectivity index (χ0v) is 13.1. The third kappa shape index (κ3) is 3.67. The fourth-order valence-electron chi connectivity index (χ4n) is 2.57. The molecular formula is C17H20ClNO2. The molecule has 1 aromatic carbocycles. The van der Waals surface area contributed by atoms with E-state index in [1.807, 2.05) is 30.3 Å². The minimum absolute atomic E-state index is 0.0281. The minimum atomic E-state index is -0.200. The van der Waals surface area contributed by atoms with Gasteiger partial charge in [-0.15, -0.1) is 0 Å². The highest BCUT2D eigenvalue weighted by Gasteiger charge is 2.24. The van der Waals surface area contributed by atoms with Crippen molar-refractivity contribution in [3.63, 3.8) is 0 Å². The van der Waals surface area contributed by atoms with Crippen LogP contribution in [0.5, 0.6) is 0 Å². The van der Waals surface area contributed by atoms with Gasteiger partial charge in [-0.1, -0.05) is 57.0 Å². The van der Waals surface area contributed by atoms with E-state index < -0.39 is 0 Å². The highest BCUT2D eigenvalue weighted by atomic mass is 35.5. The van der Waals surface area contributed by atoms with E-state index in [9.17, 15) is 4.79 Å². The van der Waals surface area contributed by atoms with Crippen LogP contribution < -0.4 is 5.32 Å². The Morgan fingerprint density at radius 2 is 1.86 bits per heavy atom. The average Bonchev–Trinajstić information content (AvgIpc) is 2.94. The number of hydrogen-bond donors (Lipinski definition) is 1. The van der Waals surface area contributed by atoms with Crippen molar-refractivity contribution in [2.45, 2.75) is 32.7 Å². The molecule has 4 heteroatoms. The summed E-state index contributed by atoms with van der Waals surface area (Å²) in [6, 6.07) is 11.6. The molecule has 1 unspecified atom stereocenters. The SMILES string of the molecule is CCC(CC)C(NC(=O)c1ccoc1Cl)c1ccccc1. The largest absolute Gasteiger partial charge is 0.452 e. The second-order valence-electron chi connectivity index (χ2n) is 5.05. The summed E-state index contributed by atoms with van der Waals surface area (Å²) >= 11 is 5.88. The van der Waals surface area contributed by atoms with Crippen molar-refractivity contribution in [1.82, 2.24) is 5.32 Å². The molecule has 0 aliphatic heterocycles. The predicted molar refractivity (Wildman–Crippen MR) is 84.4 cm³/mol. The lowest BCUT2D eigenvalue weighted by Crippen LogP contribution is -2.33. The average molecular weight is 306 g/mol. The molecule has 1 heterocycles. The van der Waals surface area contributed by atoms with Gasteiger partial charge in [-0.25, -0.2) is 0 Å². The molecule has 0 aliphatic carbocycles. The summed E-state index contributed by atoms with van der Waals surface area (Å²) in [4.78, 5) is 12.4. The van der Waals surface area contributed by atoms with Gasteiger partial charge in [0.15, 0.2) is 0 Å². The first-order valence-corrected chi connectivity index (χ1v) is 7.63. The van der Waals surface area contributed by atoms with Crippen LogP contribution in [0.25, 0.3) is 0 Å². The standard InChI is InChI=1S/C17H20ClNO2/c1-3-12(4-2)15(13-8-6-5-7-9-13)19-17(20)14-10-11-21-16(14)18/h5-12,15H,3-4H2,1-2H3,(H,19,20). The van der Waals surface area contributed by atoms with Gasteiger partial charge in [0.1, 0.15) is 0 Å². The molecule has 1 atom stereocenters. The number of hydrogen-bond acceptors (Lipinski definition) is 2. The molecule has 0 aliphatic rings. The Morgan fingerprint density at radius 3 is 2.38 bits per heavy atom. The van der Waals surface area contributed by atoms with Crippen molar-refractivity contribution >= 4 is 17.5 Å². The van der Waals surface area contributed by atoms with E-state index in [1.165, 1.54) is 6.26 Å². The van der Waals surface area contributed by atoms with E-state index in [1.54, 1.807) is 6.07 Å². The van der Waals surface area contributed by atoms with Crippen molar-refractivity contribution in [3.8, 4) is 0 Å². The molecule has 1 aromatic heterocycles. The van der Waals surface area contributed by atoms with E-state index in [0.717, 1.165) is 18.4 Å². The normalized spacial score (nSPS) is 12.4. The van der Waals surface area contributed by atoms with Gasteiger partial charge >= 0.3 is 0 Å². The Kier molecular flexibility index (Phi) is 5.45. The summed E-state index contributed by atoms with van der Waals surface area (Å²) < 4.78 is 4.99. The van der Waals surface area contributed by atoms with Gasteiger partial charge in [0.05, 0.1) is 17.9 Å². The maximum Gasteiger partial charge on any atom is 0.256 e. The van der Waals surface area contributed by atoms with Crippen molar-refractivity contribution < 1.29 is 9.21 Å². The Morgan fingerprint density at radius 1 is 1.19 bits per heavy atom. The lowest BCUT2D eigenvalue weighted by molar-refractivity contribution is 0.0919. The number of nitrogens with one attached hydrogen (secondary N) is 1. The molecule has 112 valence electrons. The number of halogens is 1. The van der Waals surface area contributed by atoms with Gasteiger partial charge in [0.25, 0.3) is 5.91 Å². The van der Waals surface area contributed by atoms with Gasteiger partial charge in [0.2, 0.25) is 5.22 Å². The molecule has 21 heavy (non-hydrogen) atoms.